The van der Waals surface area contributed by atoms with Gasteiger partial charge in [-0.2, -0.15) is 0 Å². The normalized spacial score (nSPS) is 13.0. The Bertz CT molecular complexity index is 151. The molecule has 0 bridgehead atoms. The minimum absolute atomic E-state index is 0. The van der Waals surface area contributed by atoms with Crippen molar-refractivity contribution in [1.82, 2.24) is 5.32 Å². The average Bonchev–Trinajstić information content (AvgIpc) is 2.03. The Kier molecular flexibility index (Phi) is 6.59. The van der Waals surface area contributed by atoms with Crippen molar-refractivity contribution in [3.63, 3.8) is 0 Å². The fourth-order valence-corrected chi connectivity index (χ4v) is 0.899. The molecular weight excluding hydrogens is 166 g/mol. The van der Waals surface area contributed by atoms with Gasteiger partial charge in [-0.3, -0.25) is 4.79 Å². The number of carbonyl (C=O) groups excluding carboxylic acids is 1. The third-order valence-corrected chi connectivity index (χ3v) is 1.55. The zero-order valence-corrected chi connectivity index (χ0v) is 9.09. The second kappa shape index (κ2) is 6.89. The zero-order chi connectivity index (χ0) is 10.3. The van der Waals surface area contributed by atoms with Gasteiger partial charge in [0.1, 0.15) is 0 Å². The Hall–Kier alpha value is -0.570. The number of nitrogens with one attached hydrogen (secondary N) is 1. The van der Waals surface area contributed by atoms with Gasteiger partial charge < -0.3 is 10.1 Å². The van der Waals surface area contributed by atoms with Crippen molar-refractivity contribution in [2.24, 2.45) is 5.92 Å². The number of carbonyl (C=O) groups is 1. The Labute approximate surface area is 82.3 Å². The van der Waals surface area contributed by atoms with E-state index in [-0.39, 0.29) is 13.4 Å². The molecule has 1 atom stereocenters. The maximum absolute atomic E-state index is 11.0. The molecule has 0 saturated carbocycles. The molecule has 0 aromatic heterocycles. The summed E-state index contributed by atoms with van der Waals surface area (Å²) in [6.07, 6.45) is 0.536. The second-order valence-electron chi connectivity index (χ2n) is 3.75. The number of hydrogen-bond donors (Lipinski definition) is 1. The molecule has 0 aliphatic carbocycles. The fraction of sp³-hybridized carbons (Fsp3) is 0.900. The summed E-state index contributed by atoms with van der Waals surface area (Å²) in [6, 6.07) is 0.117. The van der Waals surface area contributed by atoms with Crippen LogP contribution in [-0.2, 0) is 9.53 Å². The van der Waals surface area contributed by atoms with Crippen LogP contribution in [0.3, 0.4) is 0 Å². The molecule has 0 aliphatic heterocycles. The summed E-state index contributed by atoms with van der Waals surface area (Å²) in [5.41, 5.74) is 0. The maximum atomic E-state index is 11.0. The first-order valence-corrected chi connectivity index (χ1v) is 4.93. The average molecular weight is 189 g/mol. The predicted molar refractivity (Wildman–Crippen MR) is 55.7 cm³/mol. The quantitative estimate of drug-likeness (QED) is 0.692. The Morgan fingerprint density at radius 2 is 2.00 bits per heavy atom. The molecule has 0 heterocycles. The van der Waals surface area contributed by atoms with E-state index < -0.39 is 0 Å². The van der Waals surface area contributed by atoms with Crippen molar-refractivity contribution in [2.45, 2.75) is 40.2 Å². The first-order valence-electron chi connectivity index (χ1n) is 4.93. The van der Waals surface area contributed by atoms with Crippen LogP contribution in [0, 0.1) is 5.92 Å². The summed E-state index contributed by atoms with van der Waals surface area (Å²) >= 11 is 0. The van der Waals surface area contributed by atoms with Crippen LogP contribution in [0.4, 0.5) is 0 Å². The molecule has 0 aliphatic rings. The van der Waals surface area contributed by atoms with E-state index in [0.29, 0.717) is 18.9 Å². The van der Waals surface area contributed by atoms with E-state index in [0.717, 1.165) is 6.61 Å². The second-order valence-corrected chi connectivity index (χ2v) is 3.75. The molecule has 80 valence electrons. The van der Waals surface area contributed by atoms with Crippen LogP contribution in [0.15, 0.2) is 0 Å². The lowest BCUT2D eigenvalue weighted by Gasteiger charge is -2.14. The molecule has 13 heavy (non-hydrogen) atoms. The predicted octanol–water partition coefficient (Wildman–Crippen LogP) is 1.82. The van der Waals surface area contributed by atoms with Crippen LogP contribution in [0.1, 0.15) is 35.5 Å². The molecule has 0 fully saturated rings. The number of hydrogen-bond acceptors (Lipinski definition) is 2. The summed E-state index contributed by atoms with van der Waals surface area (Å²) < 4.78 is 5.39. The van der Waals surface area contributed by atoms with Crippen LogP contribution >= 0.6 is 0 Å². The van der Waals surface area contributed by atoms with Gasteiger partial charge in [0.05, 0.1) is 6.61 Å². The Morgan fingerprint density at radius 1 is 1.38 bits per heavy atom. The largest absolute Gasteiger partial charge is 0.379 e. The van der Waals surface area contributed by atoms with Gasteiger partial charge in [0.25, 0.3) is 0 Å². The monoisotopic (exact) mass is 189 g/mol. The minimum Gasteiger partial charge on any atom is -0.379 e. The molecule has 0 aromatic carbocycles. The van der Waals surface area contributed by atoms with E-state index in [1.165, 1.54) is 0 Å². The summed E-state index contributed by atoms with van der Waals surface area (Å²) in [5, 5.41) is 2.84. The zero-order valence-electron chi connectivity index (χ0n) is 9.09. The van der Waals surface area contributed by atoms with Crippen LogP contribution < -0.4 is 5.32 Å². The van der Waals surface area contributed by atoms with E-state index >= 15 is 0 Å². The molecule has 1 N–H and O–H groups in total. The lowest BCUT2D eigenvalue weighted by molar-refractivity contribution is -0.121. The first kappa shape index (κ1) is 12.4. The molecule has 0 saturated heterocycles. The number of amides is 1. The third kappa shape index (κ3) is 7.78. The highest BCUT2D eigenvalue weighted by molar-refractivity contribution is 5.75. The summed E-state index contributed by atoms with van der Waals surface area (Å²) in [6.45, 7) is 9.37. The standard InChI is InChI=1S/C10H21NO2.H2/c1-5-10(12)11-9(4)7-13-6-8(2)3;/h8-9H,5-7H2,1-4H3,(H,11,12);1H. The molecule has 1 amide bonds. The van der Waals surface area contributed by atoms with E-state index in [4.69, 9.17) is 4.74 Å². The minimum atomic E-state index is 0. The van der Waals surface area contributed by atoms with E-state index in [9.17, 15) is 4.79 Å². The van der Waals surface area contributed by atoms with Gasteiger partial charge in [-0.25, -0.2) is 0 Å². The highest BCUT2D eigenvalue weighted by atomic mass is 16.5. The van der Waals surface area contributed by atoms with Gasteiger partial charge in [0.15, 0.2) is 0 Å². The van der Waals surface area contributed by atoms with Crippen LogP contribution in [0.5, 0.6) is 0 Å². The van der Waals surface area contributed by atoms with E-state index in [1.54, 1.807) is 0 Å². The Morgan fingerprint density at radius 3 is 2.46 bits per heavy atom. The highest BCUT2D eigenvalue weighted by Gasteiger charge is 2.05. The molecule has 0 rings (SSSR count). The molecular formula is C10H23NO2. The van der Waals surface area contributed by atoms with Gasteiger partial charge in [-0.15, -0.1) is 0 Å². The lowest BCUT2D eigenvalue weighted by Crippen LogP contribution is -2.35. The fourth-order valence-electron chi connectivity index (χ4n) is 0.899. The smallest absolute Gasteiger partial charge is 0.220 e. The molecule has 0 spiro atoms. The summed E-state index contributed by atoms with van der Waals surface area (Å²) in [4.78, 5) is 11.0. The van der Waals surface area contributed by atoms with Crippen molar-refractivity contribution in [3.05, 3.63) is 0 Å². The van der Waals surface area contributed by atoms with Crippen molar-refractivity contribution < 1.29 is 11.0 Å². The van der Waals surface area contributed by atoms with Gasteiger partial charge in [-0.05, 0) is 12.8 Å². The number of rotatable bonds is 6. The van der Waals surface area contributed by atoms with Crippen molar-refractivity contribution in [3.8, 4) is 0 Å². The molecule has 3 heteroatoms. The lowest BCUT2D eigenvalue weighted by atomic mass is 10.2. The molecule has 0 radical (unpaired) electrons. The molecule has 3 nitrogen and oxygen atoms in total. The Balaban J connectivity index is 0. The van der Waals surface area contributed by atoms with Crippen LogP contribution in [0.25, 0.3) is 0 Å². The van der Waals surface area contributed by atoms with Gasteiger partial charge >= 0.3 is 0 Å². The van der Waals surface area contributed by atoms with Gasteiger partial charge in [-0.1, -0.05) is 20.8 Å². The van der Waals surface area contributed by atoms with Crippen molar-refractivity contribution in [1.29, 1.82) is 0 Å². The third-order valence-electron chi connectivity index (χ3n) is 1.55. The maximum Gasteiger partial charge on any atom is 0.220 e. The molecule has 1 unspecified atom stereocenters. The number of ether oxygens (including phenoxy) is 1. The van der Waals surface area contributed by atoms with Crippen LogP contribution in [-0.4, -0.2) is 25.2 Å². The van der Waals surface area contributed by atoms with Crippen molar-refractivity contribution >= 4 is 5.91 Å². The first-order chi connectivity index (χ1) is 6.06. The van der Waals surface area contributed by atoms with E-state index in [1.807, 2.05) is 13.8 Å². The molecule has 0 aromatic rings. The van der Waals surface area contributed by atoms with Gasteiger partial charge in [0, 0.05) is 20.5 Å². The summed E-state index contributed by atoms with van der Waals surface area (Å²) in [7, 11) is 0. The van der Waals surface area contributed by atoms with Crippen molar-refractivity contribution in [2.75, 3.05) is 13.2 Å². The van der Waals surface area contributed by atoms with Gasteiger partial charge in [0.2, 0.25) is 5.91 Å². The highest BCUT2D eigenvalue weighted by Crippen LogP contribution is 1.94. The van der Waals surface area contributed by atoms with Crippen LogP contribution in [0.2, 0.25) is 0 Å². The SMILES string of the molecule is CCC(=O)NC(C)COCC(C)C.[HH]. The van der Waals surface area contributed by atoms with E-state index in [2.05, 4.69) is 19.2 Å². The summed E-state index contributed by atoms with van der Waals surface area (Å²) in [5.74, 6) is 0.634. The topological polar surface area (TPSA) is 38.3 Å².